The fourth-order valence-electron chi connectivity index (χ4n) is 2.01. The summed E-state index contributed by atoms with van der Waals surface area (Å²) in [7, 11) is 0. The van der Waals surface area contributed by atoms with E-state index >= 15 is 0 Å². The van der Waals surface area contributed by atoms with Crippen molar-refractivity contribution in [2.45, 2.75) is 26.0 Å². The lowest BCUT2D eigenvalue weighted by Crippen LogP contribution is -2.14. The van der Waals surface area contributed by atoms with E-state index in [0.717, 1.165) is 12.1 Å². The summed E-state index contributed by atoms with van der Waals surface area (Å²) < 4.78 is 33.2. The molecule has 0 amide bonds. The van der Waals surface area contributed by atoms with Gasteiger partial charge in [-0.1, -0.05) is 12.1 Å². The molecule has 21 heavy (non-hydrogen) atoms. The third-order valence-electron chi connectivity index (χ3n) is 2.96. The fraction of sp³-hybridized carbons (Fsp3) is 0.250. The van der Waals surface area contributed by atoms with Crippen LogP contribution in [0.1, 0.15) is 31.0 Å². The molecule has 0 heterocycles. The number of hydrogen-bond donors (Lipinski definition) is 1. The largest absolute Gasteiger partial charge is 0.491 e. The van der Waals surface area contributed by atoms with Crippen LogP contribution < -0.4 is 10.5 Å². The van der Waals surface area contributed by atoms with Crippen molar-refractivity contribution >= 4 is 15.9 Å². The standard InChI is InChI=1S/C16H16BrF2NO/c1-9(2)21-11-5-3-4-10(6-11)16(20)12-7-15(19)13(17)8-14(12)18/h3-9,16H,20H2,1-2H3. The molecule has 5 heteroatoms. The van der Waals surface area contributed by atoms with Gasteiger partial charge in [0.1, 0.15) is 17.4 Å². The van der Waals surface area contributed by atoms with E-state index < -0.39 is 17.7 Å². The number of rotatable bonds is 4. The molecular weight excluding hydrogens is 340 g/mol. The highest BCUT2D eigenvalue weighted by atomic mass is 79.9. The maximum absolute atomic E-state index is 14.0. The summed E-state index contributed by atoms with van der Waals surface area (Å²) in [5.41, 5.74) is 6.83. The zero-order valence-electron chi connectivity index (χ0n) is 11.7. The summed E-state index contributed by atoms with van der Waals surface area (Å²) >= 11 is 2.95. The van der Waals surface area contributed by atoms with E-state index in [1.807, 2.05) is 13.8 Å². The number of benzene rings is 2. The summed E-state index contributed by atoms with van der Waals surface area (Å²) in [5.74, 6) is -0.446. The summed E-state index contributed by atoms with van der Waals surface area (Å²) in [6, 6.07) is 8.51. The lowest BCUT2D eigenvalue weighted by molar-refractivity contribution is 0.242. The normalized spacial score (nSPS) is 12.5. The second kappa shape index (κ2) is 6.54. The molecule has 0 aliphatic carbocycles. The number of halogens is 3. The molecule has 2 rings (SSSR count). The molecule has 0 radical (unpaired) electrons. The minimum absolute atomic E-state index is 0.0262. The molecule has 0 aromatic heterocycles. The molecule has 0 saturated carbocycles. The van der Waals surface area contributed by atoms with Crippen LogP contribution in [0.15, 0.2) is 40.9 Å². The molecule has 0 spiro atoms. The highest BCUT2D eigenvalue weighted by Crippen LogP contribution is 2.28. The third-order valence-corrected chi connectivity index (χ3v) is 3.57. The van der Waals surface area contributed by atoms with Gasteiger partial charge in [-0.3, -0.25) is 0 Å². The van der Waals surface area contributed by atoms with Gasteiger partial charge in [0.25, 0.3) is 0 Å². The van der Waals surface area contributed by atoms with Crippen LogP contribution in [0, 0.1) is 11.6 Å². The van der Waals surface area contributed by atoms with E-state index in [4.69, 9.17) is 10.5 Å². The Morgan fingerprint density at radius 3 is 2.48 bits per heavy atom. The molecule has 0 saturated heterocycles. The van der Waals surface area contributed by atoms with E-state index in [-0.39, 0.29) is 16.1 Å². The molecule has 0 bridgehead atoms. The van der Waals surface area contributed by atoms with E-state index in [9.17, 15) is 8.78 Å². The van der Waals surface area contributed by atoms with Crippen LogP contribution in [0.5, 0.6) is 5.75 Å². The predicted octanol–water partition coefficient (Wildman–Crippen LogP) is 4.56. The lowest BCUT2D eigenvalue weighted by atomic mass is 9.99. The third kappa shape index (κ3) is 3.80. The first-order chi connectivity index (χ1) is 9.88. The van der Waals surface area contributed by atoms with Crippen molar-refractivity contribution in [2.75, 3.05) is 0 Å². The average molecular weight is 356 g/mol. The Hall–Kier alpha value is -1.46. The van der Waals surface area contributed by atoms with E-state index in [1.54, 1.807) is 24.3 Å². The second-order valence-electron chi connectivity index (χ2n) is 5.00. The predicted molar refractivity (Wildman–Crippen MR) is 82.3 cm³/mol. The fourth-order valence-corrected chi connectivity index (χ4v) is 2.32. The lowest BCUT2D eigenvalue weighted by Gasteiger charge is -2.16. The summed E-state index contributed by atoms with van der Waals surface area (Å²) in [6.07, 6.45) is 0.0262. The molecule has 1 atom stereocenters. The molecule has 0 aliphatic heterocycles. The van der Waals surface area contributed by atoms with Crippen LogP contribution in [0.2, 0.25) is 0 Å². The van der Waals surface area contributed by atoms with Crippen molar-refractivity contribution in [1.29, 1.82) is 0 Å². The Kier molecular flexibility index (Phi) is 4.96. The van der Waals surface area contributed by atoms with Gasteiger partial charge in [-0.2, -0.15) is 0 Å². The van der Waals surface area contributed by atoms with Crippen LogP contribution in [-0.2, 0) is 0 Å². The zero-order chi connectivity index (χ0) is 15.6. The second-order valence-corrected chi connectivity index (χ2v) is 5.86. The molecule has 2 N–H and O–H groups in total. The maximum atomic E-state index is 14.0. The van der Waals surface area contributed by atoms with Gasteiger partial charge in [0.15, 0.2) is 0 Å². The van der Waals surface area contributed by atoms with E-state index in [0.29, 0.717) is 11.3 Å². The minimum Gasteiger partial charge on any atom is -0.491 e. The van der Waals surface area contributed by atoms with Crippen molar-refractivity contribution < 1.29 is 13.5 Å². The minimum atomic E-state index is -0.761. The van der Waals surface area contributed by atoms with Crippen molar-refractivity contribution in [3.8, 4) is 5.75 Å². The molecule has 0 aliphatic rings. The Labute approximate surface area is 131 Å². The smallest absolute Gasteiger partial charge is 0.137 e. The van der Waals surface area contributed by atoms with E-state index in [2.05, 4.69) is 15.9 Å². The Balaban J connectivity index is 2.36. The monoisotopic (exact) mass is 355 g/mol. The van der Waals surface area contributed by atoms with Gasteiger partial charge in [-0.15, -0.1) is 0 Å². The van der Waals surface area contributed by atoms with Crippen molar-refractivity contribution in [3.05, 3.63) is 63.6 Å². The van der Waals surface area contributed by atoms with Crippen LogP contribution in [0.4, 0.5) is 8.78 Å². The van der Waals surface area contributed by atoms with Gasteiger partial charge in [-0.05, 0) is 59.6 Å². The topological polar surface area (TPSA) is 35.2 Å². The van der Waals surface area contributed by atoms with Crippen molar-refractivity contribution in [3.63, 3.8) is 0 Å². The van der Waals surface area contributed by atoms with Gasteiger partial charge in [-0.25, -0.2) is 8.78 Å². The first-order valence-electron chi connectivity index (χ1n) is 6.55. The van der Waals surface area contributed by atoms with E-state index in [1.165, 1.54) is 0 Å². The van der Waals surface area contributed by atoms with Crippen LogP contribution in [0.3, 0.4) is 0 Å². The average Bonchev–Trinajstić information content (AvgIpc) is 2.41. The summed E-state index contributed by atoms with van der Waals surface area (Å²) in [4.78, 5) is 0. The highest BCUT2D eigenvalue weighted by Gasteiger charge is 2.17. The Bertz CT molecular complexity index is 646. The van der Waals surface area contributed by atoms with Crippen LogP contribution >= 0.6 is 15.9 Å². The SMILES string of the molecule is CC(C)Oc1cccc(C(N)c2cc(F)c(Br)cc2F)c1. The molecule has 0 fully saturated rings. The van der Waals surface area contributed by atoms with Gasteiger partial charge >= 0.3 is 0 Å². The van der Waals surface area contributed by atoms with Gasteiger partial charge < -0.3 is 10.5 Å². The van der Waals surface area contributed by atoms with Crippen LogP contribution in [-0.4, -0.2) is 6.10 Å². The Morgan fingerprint density at radius 1 is 1.10 bits per heavy atom. The maximum Gasteiger partial charge on any atom is 0.137 e. The molecule has 2 nitrogen and oxygen atoms in total. The van der Waals surface area contributed by atoms with Crippen molar-refractivity contribution in [1.82, 2.24) is 0 Å². The number of nitrogens with two attached hydrogens (primary N) is 1. The first kappa shape index (κ1) is 15.9. The number of ether oxygens (including phenoxy) is 1. The van der Waals surface area contributed by atoms with Crippen LogP contribution in [0.25, 0.3) is 0 Å². The highest BCUT2D eigenvalue weighted by molar-refractivity contribution is 9.10. The molecule has 2 aromatic rings. The zero-order valence-corrected chi connectivity index (χ0v) is 13.3. The summed E-state index contributed by atoms with van der Waals surface area (Å²) in [5, 5.41) is 0. The Morgan fingerprint density at radius 2 is 1.81 bits per heavy atom. The van der Waals surface area contributed by atoms with Gasteiger partial charge in [0.2, 0.25) is 0 Å². The first-order valence-corrected chi connectivity index (χ1v) is 7.34. The molecular formula is C16H16BrF2NO. The van der Waals surface area contributed by atoms with Crippen molar-refractivity contribution in [2.24, 2.45) is 5.73 Å². The molecule has 2 aromatic carbocycles. The molecule has 1 unspecified atom stereocenters. The van der Waals surface area contributed by atoms with Gasteiger partial charge in [0.05, 0.1) is 16.6 Å². The molecule has 112 valence electrons. The quantitative estimate of drug-likeness (QED) is 0.815. The number of hydrogen-bond acceptors (Lipinski definition) is 2. The summed E-state index contributed by atoms with van der Waals surface area (Å²) in [6.45, 7) is 3.83. The van der Waals surface area contributed by atoms with Gasteiger partial charge in [0, 0.05) is 5.56 Å².